The molecule has 4 nitrogen and oxygen atoms in total. The van der Waals surface area contributed by atoms with Gasteiger partial charge in [0.05, 0.1) is 0 Å². The van der Waals surface area contributed by atoms with Crippen molar-refractivity contribution in [3.63, 3.8) is 0 Å². The van der Waals surface area contributed by atoms with Gasteiger partial charge in [-0.05, 0) is 18.1 Å². The number of allylic oxidation sites excluding steroid dienone is 1. The van der Waals surface area contributed by atoms with Crippen molar-refractivity contribution in [2.45, 2.75) is 6.42 Å². The summed E-state index contributed by atoms with van der Waals surface area (Å²) in [6.45, 7) is 0.0929. The maximum absolute atomic E-state index is 9.97. The van der Waals surface area contributed by atoms with Crippen LogP contribution in [0.4, 0.5) is 4.79 Å². The van der Waals surface area contributed by atoms with Crippen molar-refractivity contribution in [2.24, 2.45) is 0 Å². The fraction of sp³-hybridized carbons (Fsp3) is 0.200. The monoisotopic (exact) mass is 193 g/mol. The maximum Gasteiger partial charge on any atom is 0.506 e. The molecule has 1 aromatic heterocycles. The topological polar surface area (TPSA) is 59.4 Å². The van der Waals surface area contributed by atoms with E-state index in [0.717, 1.165) is 12.0 Å². The molecule has 4 heteroatoms. The highest BCUT2D eigenvalue weighted by atomic mass is 16.7. The Labute approximate surface area is 81.9 Å². The van der Waals surface area contributed by atoms with Crippen LogP contribution in [0.3, 0.4) is 0 Å². The highest BCUT2D eigenvalue weighted by Crippen LogP contribution is 1.97. The zero-order chi connectivity index (χ0) is 10.2. The molecule has 0 aromatic carbocycles. The number of hydrogen-bond acceptors (Lipinski definition) is 3. The first-order valence-corrected chi connectivity index (χ1v) is 4.18. The van der Waals surface area contributed by atoms with Crippen LogP contribution < -0.4 is 0 Å². The van der Waals surface area contributed by atoms with Crippen molar-refractivity contribution >= 4 is 6.16 Å². The third-order valence-electron chi connectivity index (χ3n) is 1.55. The Morgan fingerprint density at radius 2 is 2.43 bits per heavy atom. The smallest absolute Gasteiger partial charge is 0.450 e. The number of pyridine rings is 1. The molecular formula is C10H11NO3. The Hall–Kier alpha value is -1.84. The zero-order valence-corrected chi connectivity index (χ0v) is 7.59. The molecule has 1 heterocycles. The van der Waals surface area contributed by atoms with Gasteiger partial charge in [-0.15, -0.1) is 0 Å². The van der Waals surface area contributed by atoms with E-state index in [0.29, 0.717) is 0 Å². The molecule has 0 aliphatic rings. The minimum atomic E-state index is -1.25. The van der Waals surface area contributed by atoms with E-state index in [1.807, 2.05) is 18.2 Å². The van der Waals surface area contributed by atoms with E-state index >= 15 is 0 Å². The predicted molar refractivity (Wildman–Crippen MR) is 51.1 cm³/mol. The van der Waals surface area contributed by atoms with E-state index < -0.39 is 6.16 Å². The molecule has 1 N–H and O–H groups in total. The molecule has 0 aliphatic heterocycles. The van der Waals surface area contributed by atoms with Crippen LogP contribution in [0.1, 0.15) is 5.56 Å². The van der Waals surface area contributed by atoms with Crippen LogP contribution in [-0.2, 0) is 11.2 Å². The molecule has 14 heavy (non-hydrogen) atoms. The van der Waals surface area contributed by atoms with Gasteiger partial charge >= 0.3 is 6.16 Å². The lowest BCUT2D eigenvalue weighted by Gasteiger charge is -1.94. The summed E-state index contributed by atoms with van der Waals surface area (Å²) < 4.78 is 4.29. The predicted octanol–water partition coefficient (Wildman–Crippen LogP) is 1.87. The second kappa shape index (κ2) is 5.75. The molecule has 0 aliphatic carbocycles. The van der Waals surface area contributed by atoms with Crippen LogP contribution in [0.25, 0.3) is 0 Å². The molecule has 0 fully saturated rings. The van der Waals surface area contributed by atoms with Gasteiger partial charge in [-0.2, -0.15) is 0 Å². The van der Waals surface area contributed by atoms with Gasteiger partial charge < -0.3 is 9.84 Å². The normalized spacial score (nSPS) is 10.3. The first kappa shape index (κ1) is 10.2. The van der Waals surface area contributed by atoms with Crippen molar-refractivity contribution in [1.29, 1.82) is 0 Å². The van der Waals surface area contributed by atoms with Crippen molar-refractivity contribution in [3.05, 3.63) is 42.2 Å². The number of ether oxygens (including phenoxy) is 1. The lowest BCUT2D eigenvalue weighted by Crippen LogP contribution is -1.99. The summed E-state index contributed by atoms with van der Waals surface area (Å²) in [5.41, 5.74) is 1.08. The van der Waals surface area contributed by atoms with Gasteiger partial charge in [-0.3, -0.25) is 4.98 Å². The summed E-state index contributed by atoms with van der Waals surface area (Å²) >= 11 is 0. The van der Waals surface area contributed by atoms with Crippen LogP contribution in [0.15, 0.2) is 36.7 Å². The van der Waals surface area contributed by atoms with Gasteiger partial charge in [-0.1, -0.05) is 18.2 Å². The van der Waals surface area contributed by atoms with E-state index in [9.17, 15) is 4.79 Å². The molecule has 74 valence electrons. The lowest BCUT2D eigenvalue weighted by molar-refractivity contribution is 0.102. The SMILES string of the molecule is O=C(O)OCC=CCc1cccnc1. The van der Waals surface area contributed by atoms with Crippen LogP contribution in [0.5, 0.6) is 0 Å². The average molecular weight is 193 g/mol. The molecule has 1 aromatic rings. The van der Waals surface area contributed by atoms with E-state index in [2.05, 4.69) is 9.72 Å². The summed E-state index contributed by atoms with van der Waals surface area (Å²) in [5, 5.41) is 8.16. The summed E-state index contributed by atoms with van der Waals surface area (Å²) in [7, 11) is 0. The second-order valence-electron chi connectivity index (χ2n) is 2.61. The molecule has 0 radical (unpaired) electrons. The molecule has 0 amide bonds. The number of hydrogen-bond donors (Lipinski definition) is 1. The van der Waals surface area contributed by atoms with Crippen LogP contribution in [-0.4, -0.2) is 22.9 Å². The first-order chi connectivity index (χ1) is 6.79. The highest BCUT2D eigenvalue weighted by molar-refractivity contribution is 5.56. The standard InChI is InChI=1S/C10H11NO3/c12-10(13)14-7-2-1-4-9-5-3-6-11-8-9/h1-3,5-6,8H,4,7H2,(H,12,13). The minimum absolute atomic E-state index is 0.0929. The van der Waals surface area contributed by atoms with Crippen LogP contribution in [0.2, 0.25) is 0 Å². The summed E-state index contributed by atoms with van der Waals surface area (Å²) in [6.07, 6.45) is 6.47. The molecular weight excluding hydrogens is 182 g/mol. The Balaban J connectivity index is 2.24. The summed E-state index contributed by atoms with van der Waals surface area (Å²) in [5.74, 6) is 0. The van der Waals surface area contributed by atoms with Crippen molar-refractivity contribution < 1.29 is 14.6 Å². The van der Waals surface area contributed by atoms with Gasteiger partial charge in [0.15, 0.2) is 0 Å². The first-order valence-electron chi connectivity index (χ1n) is 4.18. The van der Waals surface area contributed by atoms with Crippen LogP contribution >= 0.6 is 0 Å². The van der Waals surface area contributed by atoms with E-state index in [-0.39, 0.29) is 6.61 Å². The number of aromatic nitrogens is 1. The maximum atomic E-state index is 9.97. The van der Waals surface area contributed by atoms with E-state index in [1.54, 1.807) is 18.5 Å². The number of carboxylic acid groups (broad SMARTS) is 1. The van der Waals surface area contributed by atoms with Gasteiger partial charge in [0.2, 0.25) is 0 Å². The van der Waals surface area contributed by atoms with Gasteiger partial charge in [0.25, 0.3) is 0 Å². The molecule has 0 spiro atoms. The Morgan fingerprint density at radius 3 is 3.07 bits per heavy atom. The Morgan fingerprint density at radius 1 is 1.57 bits per heavy atom. The van der Waals surface area contributed by atoms with E-state index in [1.165, 1.54) is 0 Å². The molecule has 0 atom stereocenters. The number of nitrogens with zero attached hydrogens (tertiary/aromatic N) is 1. The number of rotatable bonds is 4. The van der Waals surface area contributed by atoms with Crippen molar-refractivity contribution in [2.75, 3.05) is 6.61 Å². The Kier molecular flexibility index (Phi) is 4.20. The van der Waals surface area contributed by atoms with Crippen molar-refractivity contribution in [3.8, 4) is 0 Å². The van der Waals surface area contributed by atoms with E-state index in [4.69, 9.17) is 5.11 Å². The van der Waals surface area contributed by atoms with Gasteiger partial charge in [0.1, 0.15) is 6.61 Å². The van der Waals surface area contributed by atoms with Gasteiger partial charge in [0, 0.05) is 12.4 Å². The molecule has 0 saturated carbocycles. The third-order valence-corrected chi connectivity index (χ3v) is 1.55. The lowest BCUT2D eigenvalue weighted by atomic mass is 10.2. The highest BCUT2D eigenvalue weighted by Gasteiger charge is 1.91. The fourth-order valence-corrected chi connectivity index (χ4v) is 0.926. The van der Waals surface area contributed by atoms with Crippen molar-refractivity contribution in [1.82, 2.24) is 4.98 Å². The zero-order valence-electron chi connectivity index (χ0n) is 7.59. The summed E-state index contributed by atoms with van der Waals surface area (Å²) in [6, 6.07) is 3.81. The molecule has 1 rings (SSSR count). The average Bonchev–Trinajstić information content (AvgIpc) is 2.18. The largest absolute Gasteiger partial charge is 0.506 e. The Bertz CT molecular complexity index is 308. The summed E-state index contributed by atoms with van der Waals surface area (Å²) in [4.78, 5) is 13.9. The molecule has 0 bridgehead atoms. The quantitative estimate of drug-likeness (QED) is 0.585. The molecule has 0 unspecified atom stereocenters. The third kappa shape index (κ3) is 4.25. The fourth-order valence-electron chi connectivity index (χ4n) is 0.926. The molecule has 0 saturated heterocycles. The van der Waals surface area contributed by atoms with Gasteiger partial charge in [-0.25, -0.2) is 4.79 Å². The van der Waals surface area contributed by atoms with Crippen LogP contribution in [0, 0.1) is 0 Å². The second-order valence-corrected chi connectivity index (χ2v) is 2.61. The minimum Gasteiger partial charge on any atom is -0.450 e. The number of carbonyl (C=O) groups is 1.